The summed E-state index contributed by atoms with van der Waals surface area (Å²) < 4.78 is 20.2. The Morgan fingerprint density at radius 3 is 3.10 bits per heavy atom. The van der Waals surface area contributed by atoms with Crippen LogP contribution in [-0.2, 0) is 10.5 Å². The molecule has 1 aliphatic rings. The number of aliphatic hydroxyl groups excluding tert-OH is 1. The minimum absolute atomic E-state index is 0.0569. The number of aliphatic hydroxyl groups is 2. The lowest BCUT2D eigenvalue weighted by Crippen LogP contribution is -2.44. The molecule has 2 aromatic rings. The first-order valence-corrected chi connectivity index (χ1v) is 5.79. The third-order valence-corrected chi connectivity index (χ3v) is 3.30. The van der Waals surface area contributed by atoms with Crippen LogP contribution in [0.15, 0.2) is 11.1 Å². The number of nitrogens with one attached hydrogen (secondary N) is 1. The van der Waals surface area contributed by atoms with E-state index in [0.29, 0.717) is 0 Å². The van der Waals surface area contributed by atoms with Gasteiger partial charge in [0.15, 0.2) is 17.3 Å². The van der Waals surface area contributed by atoms with Crippen LogP contribution < -0.4 is 11.3 Å². The second-order valence-corrected chi connectivity index (χ2v) is 4.55. The van der Waals surface area contributed by atoms with Crippen molar-refractivity contribution < 1.29 is 19.3 Å². The molecule has 3 rings (SSSR count). The standard InChI is InChI=1S/C10H12FN5O4/c11-6-4(1-17)20-2-10(6,19)16-3-13-5-7(16)14-9(12)15-8(5)18/h3-4,6,17,19H,1-2H2,(H3,12,14,15,18)/t4-,6-,10+/m1/s1. The molecule has 108 valence electrons. The Balaban J connectivity index is 2.18. The molecule has 2 aromatic heterocycles. The van der Waals surface area contributed by atoms with Crippen molar-refractivity contribution in [3.05, 3.63) is 16.7 Å². The van der Waals surface area contributed by atoms with Gasteiger partial charge < -0.3 is 20.7 Å². The Morgan fingerprint density at radius 1 is 1.70 bits per heavy atom. The number of imidazole rings is 1. The van der Waals surface area contributed by atoms with Crippen LogP contribution in [-0.4, -0.2) is 55.2 Å². The number of fused-ring (bicyclic) bond motifs is 1. The fraction of sp³-hybridized carbons (Fsp3) is 0.500. The average Bonchev–Trinajstić information content (AvgIpc) is 2.94. The van der Waals surface area contributed by atoms with Gasteiger partial charge in [0.2, 0.25) is 11.7 Å². The molecule has 1 fully saturated rings. The predicted molar refractivity (Wildman–Crippen MR) is 64.5 cm³/mol. The fourth-order valence-electron chi connectivity index (χ4n) is 2.25. The summed E-state index contributed by atoms with van der Waals surface area (Å²) in [6.45, 7) is -0.981. The van der Waals surface area contributed by atoms with Crippen LogP contribution in [0.4, 0.5) is 10.3 Å². The summed E-state index contributed by atoms with van der Waals surface area (Å²) in [6, 6.07) is 0. The predicted octanol–water partition coefficient (Wildman–Crippen LogP) is -1.92. The highest BCUT2D eigenvalue weighted by Crippen LogP contribution is 2.33. The number of halogens is 1. The van der Waals surface area contributed by atoms with E-state index in [9.17, 15) is 14.3 Å². The van der Waals surface area contributed by atoms with E-state index in [2.05, 4.69) is 15.0 Å². The molecular weight excluding hydrogens is 273 g/mol. The SMILES string of the molecule is Nc1nc2c(ncn2[C@]2(O)CO[C@H](CO)[C@H]2F)c(=O)[nH]1. The van der Waals surface area contributed by atoms with Crippen LogP contribution in [0, 0.1) is 0 Å². The summed E-state index contributed by atoms with van der Waals surface area (Å²) in [4.78, 5) is 21.5. The molecule has 0 unspecified atom stereocenters. The summed E-state index contributed by atoms with van der Waals surface area (Å²) in [5.74, 6) is -0.180. The second-order valence-electron chi connectivity index (χ2n) is 4.55. The molecule has 3 atom stereocenters. The number of nitrogens with zero attached hydrogens (tertiary/aromatic N) is 3. The third kappa shape index (κ3) is 1.62. The molecule has 0 spiro atoms. The van der Waals surface area contributed by atoms with E-state index in [1.165, 1.54) is 0 Å². The maximum absolute atomic E-state index is 14.2. The number of aromatic nitrogens is 4. The monoisotopic (exact) mass is 285 g/mol. The first-order valence-electron chi connectivity index (χ1n) is 5.79. The topological polar surface area (TPSA) is 139 Å². The molecule has 0 aromatic carbocycles. The van der Waals surface area contributed by atoms with Crippen molar-refractivity contribution in [1.29, 1.82) is 0 Å². The molecule has 0 radical (unpaired) electrons. The van der Waals surface area contributed by atoms with Gasteiger partial charge in [0.1, 0.15) is 6.10 Å². The van der Waals surface area contributed by atoms with Gasteiger partial charge in [-0.05, 0) is 0 Å². The molecule has 5 N–H and O–H groups in total. The van der Waals surface area contributed by atoms with E-state index >= 15 is 0 Å². The number of nitrogens with two attached hydrogens (primary N) is 1. The number of nitrogen functional groups attached to an aromatic ring is 1. The molecule has 1 saturated heterocycles. The van der Waals surface area contributed by atoms with Crippen LogP contribution in [0.25, 0.3) is 11.2 Å². The number of alkyl halides is 1. The van der Waals surface area contributed by atoms with Crippen LogP contribution in [0.2, 0.25) is 0 Å². The van der Waals surface area contributed by atoms with Crippen molar-refractivity contribution >= 4 is 17.1 Å². The smallest absolute Gasteiger partial charge is 0.280 e. The van der Waals surface area contributed by atoms with Crippen molar-refractivity contribution in [1.82, 2.24) is 19.5 Å². The minimum atomic E-state index is -2.10. The van der Waals surface area contributed by atoms with Gasteiger partial charge in [0, 0.05) is 0 Å². The quantitative estimate of drug-likeness (QED) is 0.504. The highest BCUT2D eigenvalue weighted by molar-refractivity contribution is 5.70. The Bertz CT molecular complexity index is 715. The number of ether oxygens (including phenoxy) is 1. The highest BCUT2D eigenvalue weighted by Gasteiger charge is 2.51. The van der Waals surface area contributed by atoms with Gasteiger partial charge in [-0.15, -0.1) is 0 Å². The van der Waals surface area contributed by atoms with Crippen LogP contribution in [0.3, 0.4) is 0 Å². The van der Waals surface area contributed by atoms with Gasteiger partial charge in [-0.2, -0.15) is 4.98 Å². The Labute approximate surface area is 110 Å². The average molecular weight is 285 g/mol. The Kier molecular flexibility index (Phi) is 2.74. The van der Waals surface area contributed by atoms with Gasteiger partial charge in [-0.3, -0.25) is 14.3 Å². The van der Waals surface area contributed by atoms with Crippen molar-refractivity contribution in [3.63, 3.8) is 0 Å². The summed E-state index contributed by atoms with van der Waals surface area (Å²) in [5, 5.41) is 19.4. The van der Waals surface area contributed by atoms with E-state index in [4.69, 9.17) is 15.6 Å². The van der Waals surface area contributed by atoms with Crippen molar-refractivity contribution in [2.45, 2.75) is 18.0 Å². The largest absolute Gasteiger partial charge is 0.394 e. The molecule has 10 heteroatoms. The van der Waals surface area contributed by atoms with Gasteiger partial charge in [-0.1, -0.05) is 0 Å². The van der Waals surface area contributed by atoms with Crippen LogP contribution in [0.1, 0.15) is 0 Å². The number of hydrogen-bond donors (Lipinski definition) is 4. The van der Waals surface area contributed by atoms with E-state index in [0.717, 1.165) is 10.9 Å². The van der Waals surface area contributed by atoms with Gasteiger partial charge in [0.05, 0.1) is 19.5 Å². The minimum Gasteiger partial charge on any atom is -0.394 e. The molecule has 0 saturated carbocycles. The van der Waals surface area contributed by atoms with Gasteiger partial charge >= 0.3 is 0 Å². The molecule has 1 aliphatic heterocycles. The van der Waals surface area contributed by atoms with E-state index in [1.807, 2.05) is 0 Å². The maximum Gasteiger partial charge on any atom is 0.280 e. The zero-order chi connectivity index (χ0) is 14.5. The molecule has 0 bridgehead atoms. The molecular formula is C10H12FN5O4. The zero-order valence-electron chi connectivity index (χ0n) is 10.2. The number of H-pyrrole nitrogens is 1. The van der Waals surface area contributed by atoms with E-state index in [-0.39, 0.29) is 17.1 Å². The fourth-order valence-corrected chi connectivity index (χ4v) is 2.25. The van der Waals surface area contributed by atoms with E-state index in [1.54, 1.807) is 0 Å². The Morgan fingerprint density at radius 2 is 2.45 bits per heavy atom. The Hall–Kier alpha value is -2.04. The summed E-state index contributed by atoms with van der Waals surface area (Å²) in [5.41, 5.74) is 2.60. The van der Waals surface area contributed by atoms with Crippen LogP contribution >= 0.6 is 0 Å². The van der Waals surface area contributed by atoms with Crippen molar-refractivity contribution in [2.24, 2.45) is 0 Å². The van der Waals surface area contributed by atoms with E-state index < -0.39 is 36.8 Å². The lowest BCUT2D eigenvalue weighted by molar-refractivity contribution is -0.0791. The first kappa shape index (κ1) is 13.0. The normalized spacial score (nSPS) is 30.1. The number of rotatable bonds is 2. The zero-order valence-corrected chi connectivity index (χ0v) is 10.2. The summed E-state index contributed by atoms with van der Waals surface area (Å²) in [7, 11) is 0. The second kappa shape index (κ2) is 4.23. The lowest BCUT2D eigenvalue weighted by Gasteiger charge is -2.25. The van der Waals surface area contributed by atoms with Crippen molar-refractivity contribution in [3.8, 4) is 0 Å². The van der Waals surface area contributed by atoms with Crippen LogP contribution in [0.5, 0.6) is 0 Å². The number of anilines is 1. The molecule has 9 nitrogen and oxygen atoms in total. The molecule has 0 amide bonds. The third-order valence-electron chi connectivity index (χ3n) is 3.30. The van der Waals surface area contributed by atoms with Crippen molar-refractivity contribution in [2.75, 3.05) is 18.9 Å². The summed E-state index contributed by atoms with van der Waals surface area (Å²) >= 11 is 0. The molecule has 3 heterocycles. The first-order chi connectivity index (χ1) is 9.47. The van der Waals surface area contributed by atoms with Gasteiger partial charge in [0.25, 0.3) is 5.56 Å². The maximum atomic E-state index is 14.2. The number of hydrogen-bond acceptors (Lipinski definition) is 7. The highest BCUT2D eigenvalue weighted by atomic mass is 19.1. The summed E-state index contributed by atoms with van der Waals surface area (Å²) in [6.07, 6.45) is -1.97. The number of aromatic amines is 1. The lowest BCUT2D eigenvalue weighted by atomic mass is 10.1. The molecule has 20 heavy (non-hydrogen) atoms. The molecule has 0 aliphatic carbocycles. The van der Waals surface area contributed by atoms with Gasteiger partial charge in [-0.25, -0.2) is 9.37 Å².